The van der Waals surface area contributed by atoms with Gasteiger partial charge in [-0.25, -0.2) is 4.79 Å². The molecule has 1 heterocycles. The van der Waals surface area contributed by atoms with E-state index in [1.54, 1.807) is 0 Å². The highest BCUT2D eigenvalue weighted by Crippen LogP contribution is 2.21. The standard InChI is InChI=1S/C22H29N3O3/c1-18-6-5-9-20(16-18)28-13-10-23-22(26)24-17-21(19-7-3-2-4-8-19)25-11-14-27-15-12-25/h2-9,16,21H,10-15,17H2,1H3,(H2,23,24,26). The highest BCUT2D eigenvalue weighted by molar-refractivity contribution is 5.73. The Hall–Kier alpha value is -2.57. The van der Waals surface area contributed by atoms with Crippen molar-refractivity contribution in [3.63, 3.8) is 0 Å². The maximum atomic E-state index is 12.2. The number of benzene rings is 2. The van der Waals surface area contributed by atoms with Gasteiger partial charge in [0.25, 0.3) is 0 Å². The van der Waals surface area contributed by atoms with Gasteiger partial charge in [0.05, 0.1) is 25.8 Å². The number of aryl methyl sites for hydroxylation is 1. The van der Waals surface area contributed by atoms with E-state index in [0.29, 0.717) is 19.7 Å². The first-order valence-corrected chi connectivity index (χ1v) is 9.80. The number of hydrogen-bond donors (Lipinski definition) is 2. The molecule has 0 bridgehead atoms. The highest BCUT2D eigenvalue weighted by atomic mass is 16.5. The zero-order valence-electron chi connectivity index (χ0n) is 16.4. The van der Waals surface area contributed by atoms with E-state index < -0.39 is 0 Å². The molecule has 2 aromatic rings. The Labute approximate surface area is 166 Å². The molecule has 1 fully saturated rings. The summed E-state index contributed by atoms with van der Waals surface area (Å²) in [5.41, 5.74) is 2.35. The molecule has 1 aliphatic rings. The number of carbonyl (C=O) groups excluding carboxylic acids is 1. The molecule has 0 radical (unpaired) electrons. The Morgan fingerprint density at radius 1 is 1.11 bits per heavy atom. The van der Waals surface area contributed by atoms with Crippen molar-refractivity contribution in [3.8, 4) is 5.75 Å². The van der Waals surface area contributed by atoms with Crippen molar-refractivity contribution in [2.24, 2.45) is 0 Å². The van der Waals surface area contributed by atoms with Gasteiger partial charge >= 0.3 is 6.03 Å². The summed E-state index contributed by atoms with van der Waals surface area (Å²) in [4.78, 5) is 14.6. The summed E-state index contributed by atoms with van der Waals surface area (Å²) in [6.45, 7) is 6.65. The minimum absolute atomic E-state index is 0.138. The second kappa shape index (κ2) is 10.7. The van der Waals surface area contributed by atoms with E-state index in [1.165, 1.54) is 5.56 Å². The van der Waals surface area contributed by atoms with E-state index in [1.807, 2.05) is 49.4 Å². The molecule has 0 aromatic heterocycles. The summed E-state index contributed by atoms with van der Waals surface area (Å²) in [6, 6.07) is 18.1. The molecule has 2 amide bonds. The van der Waals surface area contributed by atoms with Gasteiger partial charge in [-0.05, 0) is 30.2 Å². The monoisotopic (exact) mass is 383 g/mol. The van der Waals surface area contributed by atoms with Crippen molar-refractivity contribution in [1.82, 2.24) is 15.5 Å². The largest absolute Gasteiger partial charge is 0.492 e. The number of urea groups is 1. The first-order valence-electron chi connectivity index (χ1n) is 9.80. The van der Waals surface area contributed by atoms with Gasteiger partial charge in [-0.1, -0.05) is 42.5 Å². The number of rotatable bonds is 8. The summed E-state index contributed by atoms with van der Waals surface area (Å²) in [6.07, 6.45) is 0. The van der Waals surface area contributed by atoms with Crippen LogP contribution in [0.5, 0.6) is 5.75 Å². The fourth-order valence-electron chi connectivity index (χ4n) is 3.31. The predicted octanol–water partition coefficient (Wildman–Crippen LogP) is 2.75. The van der Waals surface area contributed by atoms with E-state index in [-0.39, 0.29) is 12.1 Å². The van der Waals surface area contributed by atoms with E-state index in [2.05, 4.69) is 27.7 Å². The number of ether oxygens (including phenoxy) is 2. The Kier molecular flexibility index (Phi) is 7.70. The van der Waals surface area contributed by atoms with Crippen LogP contribution in [0.4, 0.5) is 4.79 Å². The van der Waals surface area contributed by atoms with Crippen LogP contribution in [0.3, 0.4) is 0 Å². The van der Waals surface area contributed by atoms with Crippen LogP contribution in [0, 0.1) is 6.92 Å². The third-order valence-electron chi connectivity index (χ3n) is 4.77. The van der Waals surface area contributed by atoms with Crippen molar-refractivity contribution in [2.45, 2.75) is 13.0 Å². The molecular formula is C22H29N3O3. The van der Waals surface area contributed by atoms with Gasteiger partial charge in [0.2, 0.25) is 0 Å². The second-order valence-electron chi connectivity index (χ2n) is 6.88. The van der Waals surface area contributed by atoms with Gasteiger partial charge in [0.15, 0.2) is 0 Å². The molecule has 6 heteroatoms. The normalized spacial score (nSPS) is 15.6. The zero-order valence-corrected chi connectivity index (χ0v) is 16.4. The Morgan fingerprint density at radius 3 is 2.64 bits per heavy atom. The van der Waals surface area contributed by atoms with E-state index in [9.17, 15) is 4.79 Å². The second-order valence-corrected chi connectivity index (χ2v) is 6.88. The number of nitrogens with one attached hydrogen (secondary N) is 2. The lowest BCUT2D eigenvalue weighted by Crippen LogP contribution is -2.46. The van der Waals surface area contributed by atoms with Gasteiger partial charge < -0.3 is 20.1 Å². The van der Waals surface area contributed by atoms with Gasteiger partial charge in [0.1, 0.15) is 12.4 Å². The van der Waals surface area contributed by atoms with Crippen molar-refractivity contribution in [2.75, 3.05) is 46.0 Å². The van der Waals surface area contributed by atoms with Crippen LogP contribution in [-0.4, -0.2) is 56.9 Å². The van der Waals surface area contributed by atoms with Gasteiger partial charge in [-0.3, -0.25) is 4.90 Å². The van der Waals surface area contributed by atoms with Crippen LogP contribution in [0.1, 0.15) is 17.2 Å². The maximum absolute atomic E-state index is 12.2. The SMILES string of the molecule is Cc1cccc(OCCNC(=O)NCC(c2ccccc2)N2CCOCC2)c1. The number of amides is 2. The first kappa shape index (κ1) is 20.2. The summed E-state index contributed by atoms with van der Waals surface area (Å²) in [5, 5.41) is 5.86. The highest BCUT2D eigenvalue weighted by Gasteiger charge is 2.22. The molecule has 0 saturated carbocycles. The Morgan fingerprint density at radius 2 is 1.89 bits per heavy atom. The van der Waals surface area contributed by atoms with Crippen molar-refractivity contribution in [1.29, 1.82) is 0 Å². The lowest BCUT2D eigenvalue weighted by Gasteiger charge is -2.34. The van der Waals surface area contributed by atoms with E-state index in [0.717, 1.165) is 37.6 Å². The Bertz CT molecular complexity index is 733. The van der Waals surface area contributed by atoms with Crippen LogP contribution < -0.4 is 15.4 Å². The molecule has 0 aliphatic carbocycles. The van der Waals surface area contributed by atoms with Crippen molar-refractivity contribution < 1.29 is 14.3 Å². The lowest BCUT2D eigenvalue weighted by atomic mass is 10.0. The average molecular weight is 383 g/mol. The fraction of sp³-hybridized carbons (Fsp3) is 0.409. The summed E-state index contributed by atoms with van der Waals surface area (Å²) in [5.74, 6) is 0.818. The van der Waals surface area contributed by atoms with Gasteiger partial charge in [-0.15, -0.1) is 0 Å². The van der Waals surface area contributed by atoms with Crippen LogP contribution in [0.15, 0.2) is 54.6 Å². The molecule has 2 aromatic carbocycles. The summed E-state index contributed by atoms with van der Waals surface area (Å²) in [7, 11) is 0. The van der Waals surface area contributed by atoms with Crippen LogP contribution in [0.25, 0.3) is 0 Å². The number of hydrogen-bond acceptors (Lipinski definition) is 4. The summed E-state index contributed by atoms with van der Waals surface area (Å²) < 4.78 is 11.1. The molecule has 6 nitrogen and oxygen atoms in total. The van der Waals surface area contributed by atoms with Crippen molar-refractivity contribution in [3.05, 3.63) is 65.7 Å². The lowest BCUT2D eigenvalue weighted by molar-refractivity contribution is 0.0167. The quantitative estimate of drug-likeness (QED) is 0.688. The van der Waals surface area contributed by atoms with Gasteiger partial charge in [-0.2, -0.15) is 0 Å². The summed E-state index contributed by atoms with van der Waals surface area (Å²) >= 11 is 0. The first-order chi connectivity index (χ1) is 13.7. The maximum Gasteiger partial charge on any atom is 0.314 e. The molecule has 2 N–H and O–H groups in total. The third-order valence-corrected chi connectivity index (χ3v) is 4.77. The molecule has 1 unspecified atom stereocenters. The minimum Gasteiger partial charge on any atom is -0.492 e. The third kappa shape index (κ3) is 6.25. The molecule has 1 saturated heterocycles. The Balaban J connectivity index is 1.44. The number of morpholine rings is 1. The smallest absolute Gasteiger partial charge is 0.314 e. The van der Waals surface area contributed by atoms with Crippen molar-refractivity contribution >= 4 is 6.03 Å². The molecule has 150 valence electrons. The molecule has 0 spiro atoms. The number of nitrogens with zero attached hydrogens (tertiary/aromatic N) is 1. The topological polar surface area (TPSA) is 62.8 Å². The van der Waals surface area contributed by atoms with E-state index >= 15 is 0 Å². The van der Waals surface area contributed by atoms with Crippen LogP contribution >= 0.6 is 0 Å². The fourth-order valence-corrected chi connectivity index (χ4v) is 3.31. The molecule has 1 aliphatic heterocycles. The van der Waals surface area contributed by atoms with Crippen LogP contribution in [-0.2, 0) is 4.74 Å². The molecule has 3 rings (SSSR count). The molecule has 28 heavy (non-hydrogen) atoms. The van der Waals surface area contributed by atoms with Crippen LogP contribution in [0.2, 0.25) is 0 Å². The minimum atomic E-state index is -0.179. The zero-order chi connectivity index (χ0) is 19.6. The molecule has 1 atom stereocenters. The predicted molar refractivity (Wildman–Crippen MR) is 110 cm³/mol. The van der Waals surface area contributed by atoms with Gasteiger partial charge in [0, 0.05) is 19.6 Å². The van der Waals surface area contributed by atoms with E-state index in [4.69, 9.17) is 9.47 Å². The average Bonchev–Trinajstić information content (AvgIpc) is 2.73. The molecular weight excluding hydrogens is 354 g/mol. The number of carbonyl (C=O) groups is 1.